The van der Waals surface area contributed by atoms with E-state index in [1.54, 1.807) is 25.3 Å². The Labute approximate surface area is 339 Å². The summed E-state index contributed by atoms with van der Waals surface area (Å²) < 4.78 is 65.7. The number of ether oxygens (including phenoxy) is 5. The van der Waals surface area contributed by atoms with Crippen LogP contribution in [0.4, 0.5) is 4.39 Å². The fourth-order valence-electron chi connectivity index (χ4n) is 5.70. The van der Waals surface area contributed by atoms with Crippen LogP contribution in [0.2, 0.25) is 0 Å². The van der Waals surface area contributed by atoms with Crippen molar-refractivity contribution < 1.29 is 61.8 Å². The molecule has 0 spiro atoms. The minimum atomic E-state index is -1.60. The van der Waals surface area contributed by atoms with Gasteiger partial charge in [0.1, 0.15) is 28.8 Å². The highest BCUT2D eigenvalue weighted by Crippen LogP contribution is 2.24. The van der Waals surface area contributed by atoms with Crippen LogP contribution in [0.15, 0.2) is 60.7 Å². The van der Waals surface area contributed by atoms with E-state index >= 15 is 0 Å². The van der Waals surface area contributed by atoms with Crippen molar-refractivity contribution >= 4 is 37.7 Å². The second kappa shape index (κ2) is 28.2. The van der Waals surface area contributed by atoms with Crippen molar-refractivity contribution in [3.05, 3.63) is 66.5 Å². The van der Waals surface area contributed by atoms with Gasteiger partial charge >= 0.3 is 21.4 Å². The highest BCUT2D eigenvalue weighted by molar-refractivity contribution is 6.63. The molecule has 2 heterocycles. The Morgan fingerprint density at radius 2 is 1.11 bits per heavy atom. The van der Waals surface area contributed by atoms with Crippen molar-refractivity contribution in [3.8, 4) is 23.0 Å². The molecule has 0 aliphatic carbocycles. The van der Waals surface area contributed by atoms with Crippen LogP contribution >= 0.6 is 0 Å². The highest BCUT2D eigenvalue weighted by atomic mass is 19.1. The fraction of sp³-hybridized carbons (Fsp3) is 0.561. The molecule has 57 heavy (non-hydrogen) atoms. The van der Waals surface area contributed by atoms with E-state index in [1.165, 1.54) is 24.3 Å². The van der Waals surface area contributed by atoms with Crippen molar-refractivity contribution in [3.63, 3.8) is 0 Å². The molecule has 314 valence electrons. The first-order chi connectivity index (χ1) is 27.7. The van der Waals surface area contributed by atoms with Gasteiger partial charge in [-0.25, -0.2) is 4.39 Å². The summed E-state index contributed by atoms with van der Waals surface area (Å²) in [5, 5.41) is 26.2. The first kappa shape index (κ1) is 48.0. The summed E-state index contributed by atoms with van der Waals surface area (Å²) in [6, 6.07) is 16.3. The number of hydrogen-bond acceptors (Lipinski definition) is 12. The molecule has 2 unspecified atom stereocenters. The molecule has 3 aromatic rings. The van der Waals surface area contributed by atoms with E-state index in [-0.39, 0.29) is 29.6 Å². The molecule has 0 amide bonds. The van der Waals surface area contributed by atoms with Gasteiger partial charge < -0.3 is 57.5 Å². The number of benzene rings is 3. The Hall–Kier alpha value is -3.34. The zero-order valence-electron chi connectivity index (χ0n) is 34.4. The average molecular weight is 798 g/mol. The molecular weight excluding hydrogens is 736 g/mol. The van der Waals surface area contributed by atoms with Gasteiger partial charge in [0.25, 0.3) is 0 Å². The molecule has 2 saturated heterocycles. The zero-order valence-corrected chi connectivity index (χ0v) is 34.4. The largest absolute Gasteiger partial charge is 0.508 e. The molecule has 12 nitrogen and oxygen atoms in total. The van der Waals surface area contributed by atoms with E-state index in [4.69, 9.17) is 57.5 Å². The molecule has 16 heteroatoms. The summed E-state index contributed by atoms with van der Waals surface area (Å²) in [6.07, 6.45) is 9.09. The van der Waals surface area contributed by atoms with Crippen molar-refractivity contribution in [2.24, 2.45) is 0 Å². The second-order valence-corrected chi connectivity index (χ2v) is 13.5. The summed E-state index contributed by atoms with van der Waals surface area (Å²) in [5.41, 5.74) is 1.72. The molecule has 3 aromatic carbocycles. The van der Waals surface area contributed by atoms with Crippen molar-refractivity contribution in [2.75, 3.05) is 46.8 Å². The van der Waals surface area contributed by atoms with E-state index in [0.717, 1.165) is 82.0 Å². The molecular formula is C41H62B3FO12. The van der Waals surface area contributed by atoms with Gasteiger partial charge in [-0.2, -0.15) is 0 Å². The van der Waals surface area contributed by atoms with E-state index in [1.807, 2.05) is 32.0 Å². The lowest BCUT2D eigenvalue weighted by Gasteiger charge is -2.26. The predicted molar refractivity (Wildman–Crippen MR) is 222 cm³/mol. The van der Waals surface area contributed by atoms with Crippen molar-refractivity contribution in [1.82, 2.24) is 0 Å². The lowest BCUT2D eigenvalue weighted by atomic mass is 9.77. The van der Waals surface area contributed by atoms with Crippen molar-refractivity contribution in [1.29, 1.82) is 0 Å². The number of hydrogen-bond donors (Lipinski definition) is 3. The molecule has 2 aliphatic heterocycles. The molecule has 0 radical (unpaired) electrons. The average Bonchev–Trinajstić information content (AvgIpc) is 3.23. The summed E-state index contributed by atoms with van der Waals surface area (Å²) >= 11 is 0. The van der Waals surface area contributed by atoms with Crippen LogP contribution in [-0.2, 0) is 28.1 Å². The Morgan fingerprint density at radius 1 is 0.632 bits per heavy atom. The summed E-state index contributed by atoms with van der Waals surface area (Å²) in [7, 11) is -0.932. The first-order valence-electron chi connectivity index (χ1n) is 20.4. The maximum absolute atomic E-state index is 13.7. The summed E-state index contributed by atoms with van der Waals surface area (Å²) in [5.74, 6) is 1.45. The number of phenols is 1. The number of methoxy groups -OCH3 is 1. The Kier molecular flexibility index (Phi) is 23.7. The van der Waals surface area contributed by atoms with Crippen LogP contribution in [-0.4, -0.2) is 95.8 Å². The van der Waals surface area contributed by atoms with Crippen LogP contribution in [0, 0.1) is 5.82 Å². The normalized spacial score (nSPS) is 16.3. The van der Waals surface area contributed by atoms with Gasteiger partial charge in [-0.3, -0.25) is 0 Å². The molecule has 0 bridgehead atoms. The van der Waals surface area contributed by atoms with Gasteiger partial charge in [-0.1, -0.05) is 58.0 Å². The predicted octanol–water partition coefficient (Wildman–Crippen LogP) is 5.50. The molecule has 2 atom stereocenters. The first-order valence-corrected chi connectivity index (χ1v) is 20.4. The third kappa shape index (κ3) is 17.6. The van der Waals surface area contributed by atoms with Crippen LogP contribution in [0.1, 0.15) is 91.9 Å². The Bertz CT molecular complexity index is 1500. The van der Waals surface area contributed by atoms with Crippen LogP contribution in [0.3, 0.4) is 0 Å². The zero-order chi connectivity index (χ0) is 41.3. The van der Waals surface area contributed by atoms with Crippen molar-refractivity contribution in [2.45, 2.75) is 104 Å². The fourth-order valence-corrected chi connectivity index (χ4v) is 5.70. The number of phenolic OH excluding ortho intramolecular Hbond substituents is 1. The molecule has 3 N–H and O–H groups in total. The second-order valence-electron chi connectivity index (χ2n) is 13.5. The minimum absolute atomic E-state index is 0.0995. The minimum Gasteiger partial charge on any atom is -0.508 e. The van der Waals surface area contributed by atoms with E-state index in [0.29, 0.717) is 50.0 Å². The van der Waals surface area contributed by atoms with E-state index in [9.17, 15) is 4.39 Å². The van der Waals surface area contributed by atoms with Crippen LogP contribution in [0.5, 0.6) is 23.0 Å². The monoisotopic (exact) mass is 798 g/mol. The van der Waals surface area contributed by atoms with Gasteiger partial charge in [0, 0.05) is 67.8 Å². The van der Waals surface area contributed by atoms with Gasteiger partial charge in [0.05, 0.1) is 20.3 Å². The van der Waals surface area contributed by atoms with E-state index in [2.05, 4.69) is 13.8 Å². The SMILES string of the molecule is CCCOB(OCCC)c1ccc(F)cc1OC1CCCCO1.CCCOB(OCCC)c1ccc(OC)cc1OC1CCCCO1.OB(O)c1ccccc1O. The third-order valence-electron chi connectivity index (χ3n) is 8.61. The molecule has 0 aromatic heterocycles. The number of rotatable bonds is 20. The number of halogens is 1. The van der Waals surface area contributed by atoms with Crippen LogP contribution < -0.4 is 30.6 Å². The molecule has 2 aliphatic rings. The van der Waals surface area contributed by atoms with Gasteiger partial charge in [0.15, 0.2) is 12.6 Å². The molecule has 2 fully saturated rings. The lowest BCUT2D eigenvalue weighted by Crippen LogP contribution is -2.40. The molecule has 5 rings (SSSR count). The summed E-state index contributed by atoms with van der Waals surface area (Å²) in [4.78, 5) is 0. The number of aromatic hydroxyl groups is 1. The van der Waals surface area contributed by atoms with Gasteiger partial charge in [0.2, 0.25) is 0 Å². The standard InChI is InChI=1S/C18H29BO5.C17H26BFO4.C6H7BO3/c1-4-11-22-19(23-12-5-2)16-10-9-15(20-3)14-17(16)24-18-8-6-7-13-21-18;1-3-10-21-18(22-11-4-2)15-9-8-14(19)13-16(15)23-17-7-5-6-12-20-17;8-6-4-2-1-3-5(6)7(9)10/h9-10,14,18H,4-8,11-13H2,1-3H3;8-9,13,17H,3-7,10-12H2,1-2H3;1-4,8-10H. The smallest absolute Gasteiger partial charge is 0.497 e. The van der Waals surface area contributed by atoms with Gasteiger partial charge in [-0.15, -0.1) is 0 Å². The maximum Gasteiger partial charge on any atom is 0.497 e. The van der Waals surface area contributed by atoms with E-state index < -0.39 is 21.4 Å². The Morgan fingerprint density at radius 3 is 1.51 bits per heavy atom. The summed E-state index contributed by atoms with van der Waals surface area (Å²) in [6.45, 7) is 12.1. The molecule has 0 saturated carbocycles. The quantitative estimate of drug-likeness (QED) is 0.124. The number of para-hydroxylation sites is 1. The van der Waals surface area contributed by atoms with Crippen LogP contribution in [0.25, 0.3) is 0 Å². The highest BCUT2D eigenvalue weighted by Gasteiger charge is 2.29. The third-order valence-corrected chi connectivity index (χ3v) is 8.61. The van der Waals surface area contributed by atoms with Gasteiger partial charge in [-0.05, 0) is 69.6 Å². The lowest BCUT2D eigenvalue weighted by molar-refractivity contribution is -0.105. The topological polar surface area (TPSA) is 144 Å². The Balaban J connectivity index is 0.000000247. The maximum atomic E-state index is 13.7.